The summed E-state index contributed by atoms with van der Waals surface area (Å²) in [5.74, 6) is 0.140. The SMILES string of the molecule is Cc1cc(N(COCC[Si](C)(C)C)S(=O)(=O)c2ccccc2Br)on1. The minimum absolute atomic E-state index is 0.122. The lowest BCUT2D eigenvalue weighted by Crippen LogP contribution is -2.34. The summed E-state index contributed by atoms with van der Waals surface area (Å²) in [6.45, 7) is 8.85. The van der Waals surface area contributed by atoms with Gasteiger partial charge in [0.15, 0.2) is 0 Å². The van der Waals surface area contributed by atoms with Crippen molar-refractivity contribution in [2.75, 3.05) is 17.6 Å². The molecule has 0 spiro atoms. The largest absolute Gasteiger partial charge is 0.360 e. The molecule has 1 aromatic carbocycles. The Hall–Kier alpha value is -1.16. The number of nitrogens with zero attached hydrogens (tertiary/aromatic N) is 2. The molecule has 0 fully saturated rings. The highest BCUT2D eigenvalue weighted by molar-refractivity contribution is 9.10. The van der Waals surface area contributed by atoms with Crippen LogP contribution < -0.4 is 4.31 Å². The van der Waals surface area contributed by atoms with E-state index in [-0.39, 0.29) is 17.5 Å². The van der Waals surface area contributed by atoms with Gasteiger partial charge in [-0.05, 0) is 41.0 Å². The Morgan fingerprint density at radius 3 is 2.52 bits per heavy atom. The molecule has 6 nitrogen and oxygen atoms in total. The summed E-state index contributed by atoms with van der Waals surface area (Å²) in [5, 5.41) is 3.79. The van der Waals surface area contributed by atoms with Gasteiger partial charge in [-0.3, -0.25) is 0 Å². The maximum atomic E-state index is 13.1. The molecule has 0 N–H and O–H groups in total. The monoisotopic (exact) mass is 446 g/mol. The quantitative estimate of drug-likeness (QED) is 0.344. The van der Waals surface area contributed by atoms with Gasteiger partial charge in [0.2, 0.25) is 5.88 Å². The van der Waals surface area contributed by atoms with Crippen molar-refractivity contribution in [3.63, 3.8) is 0 Å². The highest BCUT2D eigenvalue weighted by atomic mass is 79.9. The standard InChI is InChI=1S/C16H23BrN2O4SSi/c1-13-11-16(23-18-13)19(12-22-9-10-25(2,3)4)24(20,21)15-8-6-5-7-14(15)17/h5-8,11H,9-10,12H2,1-4H3. The van der Waals surface area contributed by atoms with E-state index in [0.29, 0.717) is 16.8 Å². The first-order valence-corrected chi connectivity index (χ1v) is 13.8. The van der Waals surface area contributed by atoms with Crippen LogP contribution in [0.3, 0.4) is 0 Å². The average molecular weight is 447 g/mol. The molecule has 9 heteroatoms. The van der Waals surface area contributed by atoms with Crippen molar-refractivity contribution in [2.45, 2.75) is 37.5 Å². The molecule has 0 atom stereocenters. The van der Waals surface area contributed by atoms with Crippen LogP contribution in [-0.4, -0.2) is 35.0 Å². The number of anilines is 1. The molecule has 0 bridgehead atoms. The fourth-order valence-electron chi connectivity index (χ4n) is 2.02. The Balaban J connectivity index is 2.27. The zero-order valence-corrected chi connectivity index (χ0v) is 18.2. The van der Waals surface area contributed by atoms with Crippen molar-refractivity contribution in [1.82, 2.24) is 5.16 Å². The summed E-state index contributed by atoms with van der Waals surface area (Å²) < 4.78 is 38.6. The van der Waals surface area contributed by atoms with Gasteiger partial charge < -0.3 is 9.26 Å². The van der Waals surface area contributed by atoms with E-state index in [9.17, 15) is 8.42 Å². The van der Waals surface area contributed by atoms with E-state index in [1.165, 1.54) is 6.07 Å². The van der Waals surface area contributed by atoms with Gasteiger partial charge >= 0.3 is 0 Å². The first kappa shape index (κ1) is 20.2. The Bertz CT molecular complexity index is 818. The lowest BCUT2D eigenvalue weighted by Gasteiger charge is -2.22. The lowest BCUT2D eigenvalue weighted by molar-refractivity contribution is 0.153. The van der Waals surface area contributed by atoms with Gasteiger partial charge in [-0.1, -0.05) is 36.9 Å². The molecule has 1 aromatic heterocycles. The predicted octanol–water partition coefficient (Wildman–Crippen LogP) is 4.25. The van der Waals surface area contributed by atoms with E-state index in [4.69, 9.17) is 9.26 Å². The Kier molecular flexibility index (Phi) is 6.47. The third-order valence-corrected chi connectivity index (χ3v) is 7.91. The second kappa shape index (κ2) is 8.03. The number of aryl methyl sites for hydroxylation is 1. The number of halogens is 1. The van der Waals surface area contributed by atoms with Gasteiger partial charge in [0.1, 0.15) is 11.6 Å². The van der Waals surface area contributed by atoms with E-state index in [1.54, 1.807) is 31.2 Å². The zero-order valence-electron chi connectivity index (χ0n) is 14.8. The molecule has 0 amide bonds. The minimum Gasteiger partial charge on any atom is -0.360 e. The van der Waals surface area contributed by atoms with Gasteiger partial charge in [-0.2, -0.15) is 0 Å². The summed E-state index contributed by atoms with van der Waals surface area (Å²) in [5.41, 5.74) is 0.601. The van der Waals surface area contributed by atoms with E-state index >= 15 is 0 Å². The normalized spacial score (nSPS) is 12.4. The van der Waals surface area contributed by atoms with Crippen LogP contribution in [0.4, 0.5) is 5.88 Å². The average Bonchev–Trinajstić information content (AvgIpc) is 2.92. The molecule has 0 aliphatic rings. The number of benzene rings is 1. The van der Waals surface area contributed by atoms with Crippen LogP contribution in [0.2, 0.25) is 25.7 Å². The number of sulfonamides is 1. The van der Waals surface area contributed by atoms with E-state index < -0.39 is 18.1 Å². The maximum Gasteiger partial charge on any atom is 0.269 e. The topological polar surface area (TPSA) is 72.6 Å². The molecule has 0 radical (unpaired) electrons. The van der Waals surface area contributed by atoms with E-state index in [2.05, 4.69) is 40.7 Å². The van der Waals surface area contributed by atoms with Crippen molar-refractivity contribution in [3.8, 4) is 0 Å². The second-order valence-electron chi connectivity index (χ2n) is 6.94. The first-order valence-electron chi connectivity index (χ1n) is 7.89. The van der Waals surface area contributed by atoms with Crippen molar-refractivity contribution in [1.29, 1.82) is 0 Å². The number of hydrogen-bond acceptors (Lipinski definition) is 5. The lowest BCUT2D eigenvalue weighted by atomic mass is 10.4. The molecule has 25 heavy (non-hydrogen) atoms. The molecule has 2 aromatic rings. The van der Waals surface area contributed by atoms with E-state index in [0.717, 1.165) is 10.3 Å². The zero-order chi connectivity index (χ0) is 18.7. The molecule has 0 aliphatic heterocycles. The third kappa shape index (κ3) is 5.40. The number of aromatic nitrogens is 1. The molecule has 0 saturated carbocycles. The molecule has 138 valence electrons. The van der Waals surface area contributed by atoms with Gasteiger partial charge in [0.25, 0.3) is 10.0 Å². The molecule has 2 rings (SSSR count). The van der Waals surface area contributed by atoms with E-state index in [1.807, 2.05) is 0 Å². The number of hydrogen-bond donors (Lipinski definition) is 0. The second-order valence-corrected chi connectivity index (χ2v) is 15.2. The van der Waals surface area contributed by atoms with Crippen LogP contribution in [0, 0.1) is 6.92 Å². The predicted molar refractivity (Wildman–Crippen MR) is 104 cm³/mol. The van der Waals surface area contributed by atoms with Crippen LogP contribution in [0.25, 0.3) is 0 Å². The highest BCUT2D eigenvalue weighted by Crippen LogP contribution is 2.29. The third-order valence-electron chi connectivity index (χ3n) is 3.47. The van der Waals surface area contributed by atoms with Gasteiger partial charge in [-0.25, -0.2) is 12.7 Å². The van der Waals surface area contributed by atoms with Crippen LogP contribution in [0.5, 0.6) is 0 Å². The van der Waals surface area contributed by atoms with Crippen molar-refractivity contribution in [2.24, 2.45) is 0 Å². The fraction of sp³-hybridized carbons (Fsp3) is 0.438. The first-order chi connectivity index (χ1) is 11.6. The summed E-state index contributed by atoms with van der Waals surface area (Å²) in [4.78, 5) is 0.151. The molecular weight excluding hydrogens is 424 g/mol. The summed E-state index contributed by atoms with van der Waals surface area (Å²) in [6.07, 6.45) is 0. The summed E-state index contributed by atoms with van der Waals surface area (Å²) in [6, 6.07) is 9.19. The Morgan fingerprint density at radius 2 is 1.96 bits per heavy atom. The molecular formula is C16H23BrN2O4SSi. The molecule has 0 unspecified atom stereocenters. The minimum atomic E-state index is -3.85. The molecule has 1 heterocycles. The Labute approximate surface area is 158 Å². The van der Waals surface area contributed by atoms with Gasteiger partial charge in [0, 0.05) is 25.2 Å². The summed E-state index contributed by atoms with van der Waals surface area (Å²) in [7, 11) is -5.11. The molecule has 0 aliphatic carbocycles. The number of rotatable bonds is 8. The smallest absolute Gasteiger partial charge is 0.269 e. The summed E-state index contributed by atoms with van der Waals surface area (Å²) >= 11 is 3.30. The van der Waals surface area contributed by atoms with Crippen LogP contribution >= 0.6 is 15.9 Å². The van der Waals surface area contributed by atoms with Crippen molar-refractivity contribution >= 4 is 39.9 Å². The van der Waals surface area contributed by atoms with Gasteiger partial charge in [-0.15, -0.1) is 0 Å². The van der Waals surface area contributed by atoms with Crippen molar-refractivity contribution < 1.29 is 17.7 Å². The van der Waals surface area contributed by atoms with Crippen LogP contribution in [0.15, 0.2) is 44.2 Å². The van der Waals surface area contributed by atoms with Gasteiger partial charge in [0.05, 0.1) is 5.69 Å². The fourth-order valence-corrected chi connectivity index (χ4v) is 5.01. The molecule has 0 saturated heterocycles. The highest BCUT2D eigenvalue weighted by Gasteiger charge is 2.30. The van der Waals surface area contributed by atoms with Crippen LogP contribution in [0.1, 0.15) is 5.69 Å². The number of ether oxygens (including phenoxy) is 1. The maximum absolute atomic E-state index is 13.1. The van der Waals surface area contributed by atoms with Crippen LogP contribution in [-0.2, 0) is 14.8 Å². The Morgan fingerprint density at radius 1 is 1.28 bits per heavy atom. The van der Waals surface area contributed by atoms with Crippen molar-refractivity contribution in [3.05, 3.63) is 40.5 Å².